The Kier molecular flexibility index (Phi) is 7.99. The van der Waals surface area contributed by atoms with E-state index in [-0.39, 0.29) is 12.3 Å². The second-order valence-electron chi connectivity index (χ2n) is 7.85. The number of non-ortho nitro benzene ring substituents is 1. The van der Waals surface area contributed by atoms with Crippen LogP contribution in [0.5, 0.6) is 17.2 Å². The molecule has 4 aromatic rings. The van der Waals surface area contributed by atoms with Crippen LogP contribution in [0.2, 0.25) is 0 Å². The van der Waals surface area contributed by atoms with Crippen LogP contribution >= 0.6 is 15.9 Å². The summed E-state index contributed by atoms with van der Waals surface area (Å²) in [5.41, 5.74) is 4.32. The predicted molar refractivity (Wildman–Crippen MR) is 144 cm³/mol. The Bertz CT molecular complexity index is 1490. The first kappa shape index (κ1) is 25.6. The Hall–Kier alpha value is -4.44. The van der Waals surface area contributed by atoms with Crippen molar-refractivity contribution in [2.24, 2.45) is 5.10 Å². The Morgan fingerprint density at radius 2 is 1.68 bits per heavy atom. The summed E-state index contributed by atoms with van der Waals surface area (Å²) in [5, 5.41) is 16.8. The van der Waals surface area contributed by atoms with Gasteiger partial charge in [-0.05, 0) is 74.2 Å². The number of nitro groups is 1. The molecule has 0 aliphatic rings. The topological polar surface area (TPSA) is 112 Å². The molecule has 0 aromatic heterocycles. The third-order valence-electron chi connectivity index (χ3n) is 5.47. The van der Waals surface area contributed by atoms with Crippen molar-refractivity contribution in [2.45, 2.75) is 6.61 Å². The summed E-state index contributed by atoms with van der Waals surface area (Å²) < 4.78 is 17.4. The van der Waals surface area contributed by atoms with Gasteiger partial charge in [-0.25, -0.2) is 5.43 Å². The van der Waals surface area contributed by atoms with Gasteiger partial charge in [0.2, 0.25) is 0 Å². The van der Waals surface area contributed by atoms with Crippen LogP contribution < -0.4 is 19.6 Å². The van der Waals surface area contributed by atoms with Gasteiger partial charge in [0.1, 0.15) is 12.4 Å². The van der Waals surface area contributed by atoms with E-state index in [9.17, 15) is 14.9 Å². The van der Waals surface area contributed by atoms with Crippen LogP contribution in [0.4, 0.5) is 5.69 Å². The number of nitro benzene ring substituents is 1. The zero-order valence-electron chi connectivity index (χ0n) is 19.9. The average molecular weight is 564 g/mol. The number of carbonyl (C=O) groups is 1. The molecule has 0 bridgehead atoms. The predicted octanol–water partition coefficient (Wildman–Crippen LogP) is 5.87. The van der Waals surface area contributed by atoms with E-state index in [1.165, 1.54) is 32.6 Å². The van der Waals surface area contributed by atoms with E-state index < -0.39 is 10.8 Å². The second-order valence-corrected chi connectivity index (χ2v) is 8.70. The molecule has 1 N–H and O–H groups in total. The summed E-state index contributed by atoms with van der Waals surface area (Å²) in [5.74, 6) is 0.946. The van der Waals surface area contributed by atoms with Gasteiger partial charge in [0.05, 0.1) is 35.4 Å². The molecular weight excluding hydrogens is 542 g/mol. The number of benzene rings is 4. The van der Waals surface area contributed by atoms with E-state index in [0.717, 1.165) is 16.3 Å². The lowest BCUT2D eigenvalue weighted by molar-refractivity contribution is -0.384. The van der Waals surface area contributed by atoms with Gasteiger partial charge < -0.3 is 14.2 Å². The number of hydrogen-bond donors (Lipinski definition) is 1. The summed E-state index contributed by atoms with van der Waals surface area (Å²) in [6.07, 6.45) is 1.48. The lowest BCUT2D eigenvalue weighted by atomic mass is 10.1. The van der Waals surface area contributed by atoms with Gasteiger partial charge in [0.15, 0.2) is 11.5 Å². The maximum atomic E-state index is 12.8. The molecule has 0 atom stereocenters. The Morgan fingerprint density at radius 3 is 2.32 bits per heavy atom. The SMILES string of the molecule is COc1cc2ccccc2cc1C(=O)N/N=C\c1cc(Br)c(OCc2ccc([N+](=O)[O-])cc2)c(OC)c1. The molecule has 10 heteroatoms. The fourth-order valence-electron chi connectivity index (χ4n) is 3.62. The van der Waals surface area contributed by atoms with E-state index in [4.69, 9.17) is 14.2 Å². The number of nitrogens with zero attached hydrogens (tertiary/aromatic N) is 2. The number of hydrogen-bond acceptors (Lipinski definition) is 7. The highest BCUT2D eigenvalue weighted by Gasteiger charge is 2.14. The fourth-order valence-corrected chi connectivity index (χ4v) is 4.19. The molecule has 188 valence electrons. The van der Waals surface area contributed by atoms with Gasteiger partial charge in [-0.2, -0.15) is 5.10 Å². The highest BCUT2D eigenvalue weighted by atomic mass is 79.9. The third kappa shape index (κ3) is 6.04. The Balaban J connectivity index is 1.46. The van der Waals surface area contributed by atoms with Crippen molar-refractivity contribution in [3.63, 3.8) is 0 Å². The standard InChI is InChI=1S/C27H22BrN3O6/c1-35-24-14-20-6-4-3-5-19(20)13-22(24)27(32)30-29-15-18-11-23(28)26(25(12-18)36-2)37-16-17-7-9-21(10-8-17)31(33)34/h3-15H,16H2,1-2H3,(H,30,32)/b29-15-. The van der Waals surface area contributed by atoms with Crippen LogP contribution in [0.1, 0.15) is 21.5 Å². The number of carbonyl (C=O) groups excluding carboxylic acids is 1. The molecule has 0 aliphatic heterocycles. The van der Waals surface area contributed by atoms with Gasteiger partial charge in [-0.3, -0.25) is 14.9 Å². The summed E-state index contributed by atoms with van der Waals surface area (Å²) >= 11 is 3.48. The molecule has 1 amide bonds. The van der Waals surface area contributed by atoms with Gasteiger partial charge in [-0.15, -0.1) is 0 Å². The van der Waals surface area contributed by atoms with E-state index >= 15 is 0 Å². The Labute approximate surface area is 220 Å². The van der Waals surface area contributed by atoms with Crippen molar-refractivity contribution in [3.05, 3.63) is 104 Å². The quantitative estimate of drug-likeness (QED) is 0.155. The van der Waals surface area contributed by atoms with Crippen LogP contribution in [0.3, 0.4) is 0 Å². The summed E-state index contributed by atoms with van der Waals surface area (Å²) in [4.78, 5) is 23.2. The largest absolute Gasteiger partial charge is 0.496 e. The molecular formula is C27H22BrN3O6. The van der Waals surface area contributed by atoms with Crippen molar-refractivity contribution in [3.8, 4) is 17.2 Å². The number of ether oxygens (including phenoxy) is 3. The van der Waals surface area contributed by atoms with Gasteiger partial charge in [-0.1, -0.05) is 24.3 Å². The highest BCUT2D eigenvalue weighted by molar-refractivity contribution is 9.10. The first-order valence-electron chi connectivity index (χ1n) is 11.0. The summed E-state index contributed by atoms with van der Waals surface area (Å²) in [6, 6.07) is 20.8. The summed E-state index contributed by atoms with van der Waals surface area (Å²) in [6.45, 7) is 0.185. The molecule has 37 heavy (non-hydrogen) atoms. The number of amides is 1. The number of rotatable bonds is 9. The molecule has 0 unspecified atom stereocenters. The maximum Gasteiger partial charge on any atom is 0.275 e. The lowest BCUT2D eigenvalue weighted by Crippen LogP contribution is -2.18. The maximum absolute atomic E-state index is 12.8. The minimum atomic E-state index is -0.453. The monoisotopic (exact) mass is 563 g/mol. The second kappa shape index (κ2) is 11.5. The van der Waals surface area contributed by atoms with Crippen molar-refractivity contribution < 1.29 is 23.9 Å². The first-order valence-corrected chi connectivity index (χ1v) is 11.8. The van der Waals surface area contributed by atoms with E-state index in [0.29, 0.717) is 32.8 Å². The zero-order chi connectivity index (χ0) is 26.4. The highest BCUT2D eigenvalue weighted by Crippen LogP contribution is 2.37. The van der Waals surface area contributed by atoms with Crippen LogP contribution in [-0.2, 0) is 6.61 Å². The van der Waals surface area contributed by atoms with Gasteiger partial charge in [0.25, 0.3) is 11.6 Å². The van der Waals surface area contributed by atoms with E-state index in [1.807, 2.05) is 30.3 Å². The first-order chi connectivity index (χ1) is 17.9. The molecule has 0 saturated carbocycles. The van der Waals surface area contributed by atoms with Crippen LogP contribution in [0.15, 0.2) is 82.4 Å². The van der Waals surface area contributed by atoms with Crippen LogP contribution in [-0.4, -0.2) is 31.3 Å². The third-order valence-corrected chi connectivity index (χ3v) is 6.06. The lowest BCUT2D eigenvalue weighted by Gasteiger charge is -2.13. The van der Waals surface area contributed by atoms with Gasteiger partial charge in [0, 0.05) is 12.1 Å². The van der Waals surface area contributed by atoms with Crippen molar-refractivity contribution in [1.29, 1.82) is 0 Å². The van der Waals surface area contributed by atoms with Crippen molar-refractivity contribution in [2.75, 3.05) is 14.2 Å². The minimum Gasteiger partial charge on any atom is -0.496 e. The minimum absolute atomic E-state index is 0.0114. The molecule has 9 nitrogen and oxygen atoms in total. The molecule has 0 aliphatic carbocycles. The number of halogens is 1. The number of fused-ring (bicyclic) bond motifs is 1. The summed E-state index contributed by atoms with van der Waals surface area (Å²) in [7, 11) is 3.02. The van der Waals surface area contributed by atoms with Gasteiger partial charge >= 0.3 is 0 Å². The number of hydrazone groups is 1. The van der Waals surface area contributed by atoms with E-state index in [1.54, 1.807) is 30.3 Å². The average Bonchev–Trinajstić information content (AvgIpc) is 2.91. The molecule has 0 heterocycles. The molecule has 0 saturated heterocycles. The molecule has 4 rings (SSSR count). The Morgan fingerprint density at radius 1 is 1.00 bits per heavy atom. The molecule has 0 radical (unpaired) electrons. The van der Waals surface area contributed by atoms with Crippen molar-refractivity contribution in [1.82, 2.24) is 5.43 Å². The normalized spacial score (nSPS) is 10.9. The van der Waals surface area contributed by atoms with Crippen LogP contribution in [0.25, 0.3) is 10.8 Å². The smallest absolute Gasteiger partial charge is 0.275 e. The number of nitrogens with one attached hydrogen (secondary N) is 1. The van der Waals surface area contributed by atoms with Crippen LogP contribution in [0, 0.1) is 10.1 Å². The zero-order valence-corrected chi connectivity index (χ0v) is 21.5. The molecule has 4 aromatic carbocycles. The number of methoxy groups -OCH3 is 2. The molecule has 0 fully saturated rings. The van der Waals surface area contributed by atoms with E-state index in [2.05, 4.69) is 26.5 Å². The fraction of sp³-hybridized carbons (Fsp3) is 0.111. The molecule has 0 spiro atoms. The van der Waals surface area contributed by atoms with Crippen molar-refractivity contribution >= 4 is 44.5 Å².